The van der Waals surface area contributed by atoms with Gasteiger partial charge in [-0.05, 0) is 29.8 Å². The van der Waals surface area contributed by atoms with Crippen LogP contribution in [-0.2, 0) is 16.0 Å². The second kappa shape index (κ2) is 8.29. The predicted octanol–water partition coefficient (Wildman–Crippen LogP) is 2.04. The zero-order chi connectivity index (χ0) is 18.4. The summed E-state index contributed by atoms with van der Waals surface area (Å²) in [5, 5.41) is 10.8. The third-order valence-corrected chi connectivity index (χ3v) is 4.23. The number of β-amino-alcohol motifs (C(OH)–C–C–N with tert-alkyl or cyclic N) is 1. The quantitative estimate of drug-likeness (QED) is 0.888. The molecule has 0 saturated carbocycles. The van der Waals surface area contributed by atoms with Crippen LogP contribution < -0.4 is 4.74 Å². The van der Waals surface area contributed by atoms with Gasteiger partial charge in [0.15, 0.2) is 0 Å². The van der Waals surface area contributed by atoms with Crippen molar-refractivity contribution in [2.45, 2.75) is 12.0 Å². The Labute approximate surface area is 152 Å². The van der Waals surface area contributed by atoms with Crippen LogP contribution in [0.5, 0.6) is 5.75 Å². The predicted molar refractivity (Wildman–Crippen MR) is 94.4 cm³/mol. The van der Waals surface area contributed by atoms with Crippen LogP contribution in [0.1, 0.15) is 5.56 Å². The number of benzene rings is 2. The number of carbonyl (C=O) groups is 1. The van der Waals surface area contributed by atoms with Crippen LogP contribution in [0.4, 0.5) is 4.39 Å². The maximum atomic E-state index is 13.0. The summed E-state index contributed by atoms with van der Waals surface area (Å²) in [4.78, 5) is 14.2. The summed E-state index contributed by atoms with van der Waals surface area (Å²) in [6.07, 6.45) is 0.149. The van der Waals surface area contributed by atoms with Crippen LogP contribution in [-0.4, -0.2) is 54.4 Å². The molecule has 1 aliphatic heterocycles. The lowest BCUT2D eigenvalue weighted by Crippen LogP contribution is -2.50. The van der Waals surface area contributed by atoms with Crippen molar-refractivity contribution in [3.05, 3.63) is 66.0 Å². The third kappa shape index (κ3) is 5.03. The summed E-state index contributed by atoms with van der Waals surface area (Å²) in [5.74, 6) is 0.173. The highest BCUT2D eigenvalue weighted by molar-refractivity contribution is 5.78. The fourth-order valence-corrected chi connectivity index (χ4v) is 2.84. The number of ether oxygens (including phenoxy) is 2. The number of halogens is 1. The highest BCUT2D eigenvalue weighted by atomic mass is 19.1. The van der Waals surface area contributed by atoms with Crippen LogP contribution >= 0.6 is 0 Å². The van der Waals surface area contributed by atoms with Gasteiger partial charge in [0.25, 0.3) is 0 Å². The number of para-hydroxylation sites is 1. The first kappa shape index (κ1) is 18.4. The molecule has 0 unspecified atom stereocenters. The molecular formula is C20H22FNO4. The van der Waals surface area contributed by atoms with Gasteiger partial charge < -0.3 is 19.5 Å². The van der Waals surface area contributed by atoms with Crippen LogP contribution in [0.15, 0.2) is 54.6 Å². The van der Waals surface area contributed by atoms with Gasteiger partial charge in [-0.15, -0.1) is 0 Å². The van der Waals surface area contributed by atoms with Gasteiger partial charge in [-0.2, -0.15) is 0 Å². The van der Waals surface area contributed by atoms with Gasteiger partial charge in [0.05, 0.1) is 26.2 Å². The molecule has 138 valence electrons. The molecule has 0 radical (unpaired) electrons. The van der Waals surface area contributed by atoms with Gasteiger partial charge in [0.1, 0.15) is 23.8 Å². The Balaban J connectivity index is 1.62. The molecule has 0 aromatic heterocycles. The molecule has 1 N–H and O–H groups in total. The molecule has 0 aliphatic carbocycles. The molecule has 1 atom stereocenters. The number of hydrogen-bond acceptors (Lipinski definition) is 4. The number of amides is 1. The van der Waals surface area contributed by atoms with Crippen LogP contribution in [0.25, 0.3) is 0 Å². The molecule has 1 saturated heterocycles. The van der Waals surface area contributed by atoms with Crippen molar-refractivity contribution in [1.82, 2.24) is 4.90 Å². The maximum absolute atomic E-state index is 13.0. The van der Waals surface area contributed by atoms with Gasteiger partial charge in [-0.25, -0.2) is 4.39 Å². The SMILES string of the molecule is O=C(Cc1ccc(F)cc1)N1CCOC[C@@](O)(COc2ccccc2)C1. The van der Waals surface area contributed by atoms with E-state index in [2.05, 4.69) is 0 Å². The second-order valence-electron chi connectivity index (χ2n) is 6.50. The topological polar surface area (TPSA) is 59.0 Å². The monoisotopic (exact) mass is 359 g/mol. The first-order chi connectivity index (χ1) is 12.5. The number of rotatable bonds is 5. The summed E-state index contributed by atoms with van der Waals surface area (Å²) in [7, 11) is 0. The second-order valence-corrected chi connectivity index (χ2v) is 6.50. The highest BCUT2D eigenvalue weighted by Gasteiger charge is 2.35. The van der Waals surface area contributed by atoms with Crippen molar-refractivity contribution in [1.29, 1.82) is 0 Å². The lowest BCUT2D eigenvalue weighted by Gasteiger charge is -2.30. The lowest BCUT2D eigenvalue weighted by molar-refractivity contribution is -0.134. The zero-order valence-electron chi connectivity index (χ0n) is 14.4. The molecule has 1 amide bonds. The van der Waals surface area contributed by atoms with Crippen LogP contribution in [0, 0.1) is 5.82 Å². The molecule has 0 spiro atoms. The first-order valence-corrected chi connectivity index (χ1v) is 8.54. The Morgan fingerprint density at radius 1 is 1.19 bits per heavy atom. The fraction of sp³-hybridized carbons (Fsp3) is 0.350. The van der Waals surface area contributed by atoms with E-state index in [9.17, 15) is 14.3 Å². The fourth-order valence-electron chi connectivity index (χ4n) is 2.84. The van der Waals surface area contributed by atoms with Gasteiger partial charge >= 0.3 is 0 Å². The maximum Gasteiger partial charge on any atom is 0.227 e. The molecule has 2 aromatic carbocycles. The Bertz CT molecular complexity index is 722. The van der Waals surface area contributed by atoms with E-state index < -0.39 is 5.60 Å². The number of aliphatic hydroxyl groups is 1. The summed E-state index contributed by atoms with van der Waals surface area (Å²) in [6.45, 7) is 0.994. The first-order valence-electron chi connectivity index (χ1n) is 8.54. The van der Waals surface area contributed by atoms with E-state index in [0.717, 1.165) is 5.56 Å². The number of hydrogen-bond donors (Lipinski definition) is 1. The Morgan fingerprint density at radius 2 is 1.92 bits per heavy atom. The van der Waals surface area contributed by atoms with Crippen molar-refractivity contribution in [3.63, 3.8) is 0 Å². The highest BCUT2D eigenvalue weighted by Crippen LogP contribution is 2.17. The van der Waals surface area contributed by atoms with E-state index in [1.807, 2.05) is 18.2 Å². The van der Waals surface area contributed by atoms with Crippen LogP contribution in [0.2, 0.25) is 0 Å². The van der Waals surface area contributed by atoms with Crippen molar-refractivity contribution in [2.24, 2.45) is 0 Å². The summed E-state index contributed by atoms with van der Waals surface area (Å²) >= 11 is 0. The molecule has 1 heterocycles. The minimum Gasteiger partial charge on any atom is -0.490 e. The van der Waals surface area contributed by atoms with E-state index in [4.69, 9.17) is 9.47 Å². The third-order valence-electron chi connectivity index (χ3n) is 4.23. The lowest BCUT2D eigenvalue weighted by atomic mass is 10.1. The molecule has 3 rings (SSSR count). The molecule has 0 bridgehead atoms. The van der Waals surface area contributed by atoms with E-state index in [0.29, 0.717) is 18.9 Å². The van der Waals surface area contributed by atoms with Crippen molar-refractivity contribution in [2.75, 3.05) is 32.9 Å². The van der Waals surface area contributed by atoms with Crippen LogP contribution in [0.3, 0.4) is 0 Å². The van der Waals surface area contributed by atoms with Crippen molar-refractivity contribution >= 4 is 5.91 Å². The Morgan fingerprint density at radius 3 is 2.65 bits per heavy atom. The summed E-state index contributed by atoms with van der Waals surface area (Å²) < 4.78 is 24.1. The van der Waals surface area contributed by atoms with E-state index in [1.165, 1.54) is 12.1 Å². The Kier molecular flexibility index (Phi) is 5.85. The van der Waals surface area contributed by atoms with Crippen molar-refractivity contribution < 1.29 is 23.8 Å². The molecular weight excluding hydrogens is 337 g/mol. The summed E-state index contributed by atoms with van der Waals surface area (Å²) in [6, 6.07) is 15.0. The molecule has 6 heteroatoms. The minimum absolute atomic E-state index is 0.0251. The smallest absolute Gasteiger partial charge is 0.227 e. The van der Waals surface area contributed by atoms with Gasteiger partial charge in [-0.1, -0.05) is 30.3 Å². The average molecular weight is 359 g/mol. The molecule has 5 nitrogen and oxygen atoms in total. The standard InChI is InChI=1S/C20H22FNO4/c21-17-8-6-16(7-9-17)12-19(23)22-10-11-25-14-20(24,13-22)15-26-18-4-2-1-3-5-18/h1-9,24H,10-15H2/t20-/m1/s1. The average Bonchev–Trinajstić information content (AvgIpc) is 2.85. The molecule has 2 aromatic rings. The van der Waals surface area contributed by atoms with E-state index in [1.54, 1.807) is 29.2 Å². The number of carbonyl (C=O) groups excluding carboxylic acids is 1. The largest absolute Gasteiger partial charge is 0.490 e. The Hall–Kier alpha value is -2.44. The van der Waals surface area contributed by atoms with E-state index in [-0.39, 0.29) is 37.9 Å². The van der Waals surface area contributed by atoms with Gasteiger partial charge in [0.2, 0.25) is 5.91 Å². The molecule has 1 fully saturated rings. The summed E-state index contributed by atoms with van der Waals surface area (Å²) in [5.41, 5.74) is -0.559. The number of nitrogens with zero attached hydrogens (tertiary/aromatic N) is 1. The minimum atomic E-state index is -1.29. The zero-order valence-corrected chi connectivity index (χ0v) is 14.4. The van der Waals surface area contributed by atoms with Gasteiger partial charge in [0, 0.05) is 6.54 Å². The van der Waals surface area contributed by atoms with Crippen molar-refractivity contribution in [3.8, 4) is 5.75 Å². The normalized spacial score (nSPS) is 20.5. The van der Waals surface area contributed by atoms with E-state index >= 15 is 0 Å². The van der Waals surface area contributed by atoms with Gasteiger partial charge in [-0.3, -0.25) is 4.79 Å². The molecule has 1 aliphatic rings. The molecule has 26 heavy (non-hydrogen) atoms.